The van der Waals surface area contributed by atoms with Crippen LogP contribution in [0, 0.1) is 5.92 Å². The molecule has 1 atom stereocenters. The highest BCUT2D eigenvalue weighted by atomic mass is 16.1. The number of carbonyl (C=O) groups is 1. The Morgan fingerprint density at radius 2 is 2.38 bits per heavy atom. The molecule has 0 radical (unpaired) electrons. The fraction of sp³-hybridized carbons (Fsp3) is 0.571. The van der Waals surface area contributed by atoms with Crippen molar-refractivity contribution in [1.82, 2.24) is 0 Å². The van der Waals surface area contributed by atoms with E-state index in [4.69, 9.17) is 0 Å². The third kappa shape index (κ3) is 0.971. The number of carbonyl (C=O) groups excluding carboxylic acids is 1. The van der Waals surface area contributed by atoms with Gasteiger partial charge in [0.25, 0.3) is 0 Å². The van der Waals surface area contributed by atoms with Crippen molar-refractivity contribution in [2.45, 2.75) is 19.8 Å². The van der Waals surface area contributed by atoms with E-state index in [-0.39, 0.29) is 5.92 Å². The molecule has 0 bridgehead atoms. The molecule has 1 aliphatic rings. The van der Waals surface area contributed by atoms with Gasteiger partial charge in [0.15, 0.2) is 0 Å². The summed E-state index contributed by atoms with van der Waals surface area (Å²) in [5.74, 6) is 0.660. The first kappa shape index (κ1) is 5.54. The summed E-state index contributed by atoms with van der Waals surface area (Å²) in [7, 11) is 0. The maximum atomic E-state index is 10.7. The fourth-order valence-electron chi connectivity index (χ4n) is 0.832. The number of hydrogen-bond acceptors (Lipinski definition) is 1. The van der Waals surface area contributed by atoms with Gasteiger partial charge < -0.3 is 0 Å². The monoisotopic (exact) mass is 110 g/mol. The fourth-order valence-corrected chi connectivity index (χ4v) is 0.832. The van der Waals surface area contributed by atoms with Crippen molar-refractivity contribution in [2.24, 2.45) is 5.92 Å². The first-order valence-corrected chi connectivity index (χ1v) is 2.98. The smallest absolute Gasteiger partial charge is 0.139 e. The van der Waals surface area contributed by atoms with E-state index >= 15 is 0 Å². The van der Waals surface area contributed by atoms with Crippen LogP contribution in [-0.4, -0.2) is 5.78 Å². The Kier molecular flexibility index (Phi) is 1.47. The van der Waals surface area contributed by atoms with E-state index in [1.165, 1.54) is 0 Å². The zero-order chi connectivity index (χ0) is 5.98. The second-order valence-electron chi connectivity index (χ2n) is 2.28. The Hall–Kier alpha value is -0.590. The van der Waals surface area contributed by atoms with Crippen LogP contribution < -0.4 is 0 Å². The van der Waals surface area contributed by atoms with Crippen LogP contribution in [0.25, 0.3) is 0 Å². The second kappa shape index (κ2) is 2.12. The van der Waals surface area contributed by atoms with Crippen LogP contribution >= 0.6 is 0 Å². The van der Waals surface area contributed by atoms with Gasteiger partial charge in [-0.25, -0.2) is 0 Å². The van der Waals surface area contributed by atoms with E-state index in [1.807, 2.05) is 13.0 Å². The minimum atomic E-state index is 0.278. The van der Waals surface area contributed by atoms with Crippen LogP contribution in [0.1, 0.15) is 19.8 Å². The summed E-state index contributed by atoms with van der Waals surface area (Å²) < 4.78 is 0. The molecule has 0 fully saturated rings. The van der Waals surface area contributed by atoms with E-state index in [0.717, 1.165) is 6.42 Å². The molecule has 1 rings (SSSR count). The summed E-state index contributed by atoms with van der Waals surface area (Å²) in [5, 5.41) is 0. The van der Waals surface area contributed by atoms with Crippen LogP contribution in [0.5, 0.6) is 0 Å². The summed E-state index contributed by atoms with van der Waals surface area (Å²) >= 11 is 0. The van der Waals surface area contributed by atoms with E-state index < -0.39 is 0 Å². The van der Waals surface area contributed by atoms with Gasteiger partial charge in [-0.1, -0.05) is 19.1 Å². The zero-order valence-electron chi connectivity index (χ0n) is 5.05. The van der Waals surface area contributed by atoms with Gasteiger partial charge in [-0.2, -0.15) is 0 Å². The lowest BCUT2D eigenvalue weighted by Gasteiger charge is -2.08. The van der Waals surface area contributed by atoms with Gasteiger partial charge in [0.05, 0.1) is 0 Å². The highest BCUT2D eigenvalue weighted by Gasteiger charge is 2.11. The SMILES string of the molecule is C[C@@H]1CC=CCC1=O. The number of ketones is 1. The van der Waals surface area contributed by atoms with Crippen LogP contribution in [0.15, 0.2) is 12.2 Å². The van der Waals surface area contributed by atoms with E-state index in [9.17, 15) is 4.79 Å². The van der Waals surface area contributed by atoms with Gasteiger partial charge in [0.1, 0.15) is 5.78 Å². The van der Waals surface area contributed by atoms with Crippen molar-refractivity contribution >= 4 is 5.78 Å². The number of rotatable bonds is 0. The van der Waals surface area contributed by atoms with Crippen LogP contribution in [0.3, 0.4) is 0 Å². The largest absolute Gasteiger partial charge is 0.299 e. The lowest BCUT2D eigenvalue weighted by Crippen LogP contribution is -2.11. The van der Waals surface area contributed by atoms with Gasteiger partial charge in [0.2, 0.25) is 0 Å². The van der Waals surface area contributed by atoms with Crippen molar-refractivity contribution in [3.8, 4) is 0 Å². The highest BCUT2D eigenvalue weighted by molar-refractivity contribution is 5.83. The third-order valence-corrected chi connectivity index (χ3v) is 1.52. The minimum absolute atomic E-state index is 0.278. The van der Waals surface area contributed by atoms with Gasteiger partial charge in [-0.05, 0) is 6.42 Å². The number of Topliss-reactive ketones (excluding diaryl/α,β-unsaturated/α-hetero) is 1. The van der Waals surface area contributed by atoms with Gasteiger partial charge in [-0.15, -0.1) is 0 Å². The standard InChI is InChI=1S/C7H10O/c1-6-4-2-3-5-7(6)8/h2-3,6H,4-5H2,1H3/t6-/m1/s1. The predicted octanol–water partition coefficient (Wildman–Crippen LogP) is 1.54. The molecule has 0 aromatic heterocycles. The van der Waals surface area contributed by atoms with Crippen molar-refractivity contribution < 1.29 is 4.79 Å². The molecule has 1 aliphatic carbocycles. The van der Waals surface area contributed by atoms with Gasteiger partial charge >= 0.3 is 0 Å². The number of hydrogen-bond donors (Lipinski definition) is 0. The van der Waals surface area contributed by atoms with Crippen molar-refractivity contribution in [3.05, 3.63) is 12.2 Å². The molecule has 1 nitrogen and oxygen atoms in total. The van der Waals surface area contributed by atoms with E-state index in [1.54, 1.807) is 0 Å². The Bertz CT molecular complexity index is 124. The first-order chi connectivity index (χ1) is 3.80. The molecule has 8 heavy (non-hydrogen) atoms. The molecule has 0 heterocycles. The lowest BCUT2D eigenvalue weighted by molar-refractivity contribution is -0.121. The molecular formula is C7H10O. The van der Waals surface area contributed by atoms with Crippen LogP contribution in [0.2, 0.25) is 0 Å². The predicted molar refractivity (Wildman–Crippen MR) is 32.5 cm³/mol. The second-order valence-corrected chi connectivity index (χ2v) is 2.28. The van der Waals surface area contributed by atoms with Crippen LogP contribution in [-0.2, 0) is 4.79 Å². The van der Waals surface area contributed by atoms with Gasteiger partial charge in [-0.3, -0.25) is 4.79 Å². The molecular weight excluding hydrogens is 100 g/mol. The lowest BCUT2D eigenvalue weighted by atomic mass is 9.95. The molecule has 44 valence electrons. The average molecular weight is 110 g/mol. The Labute approximate surface area is 49.4 Å². The van der Waals surface area contributed by atoms with E-state index in [0.29, 0.717) is 12.2 Å². The molecule has 0 amide bonds. The normalized spacial score (nSPS) is 28.6. The topological polar surface area (TPSA) is 17.1 Å². The number of allylic oxidation sites excluding steroid dienone is 2. The quantitative estimate of drug-likeness (QED) is 0.432. The molecule has 0 saturated heterocycles. The Morgan fingerprint density at radius 1 is 1.62 bits per heavy atom. The van der Waals surface area contributed by atoms with E-state index in [2.05, 4.69) is 6.08 Å². The molecule has 0 N–H and O–H groups in total. The van der Waals surface area contributed by atoms with Crippen molar-refractivity contribution in [1.29, 1.82) is 0 Å². The van der Waals surface area contributed by atoms with Crippen LogP contribution in [0.4, 0.5) is 0 Å². The molecule has 0 aromatic carbocycles. The maximum absolute atomic E-state index is 10.7. The first-order valence-electron chi connectivity index (χ1n) is 2.98. The summed E-state index contributed by atoms with van der Waals surface area (Å²) in [6.45, 7) is 1.98. The summed E-state index contributed by atoms with van der Waals surface area (Å²) in [4.78, 5) is 10.7. The zero-order valence-corrected chi connectivity index (χ0v) is 5.05. The Morgan fingerprint density at radius 3 is 2.75 bits per heavy atom. The molecule has 0 aromatic rings. The Balaban J connectivity index is 2.57. The van der Waals surface area contributed by atoms with Crippen molar-refractivity contribution in [3.63, 3.8) is 0 Å². The highest BCUT2D eigenvalue weighted by Crippen LogP contribution is 2.12. The molecule has 0 aliphatic heterocycles. The molecule has 0 saturated carbocycles. The molecule has 1 heteroatoms. The molecule has 0 spiro atoms. The minimum Gasteiger partial charge on any atom is -0.299 e. The molecule has 0 unspecified atom stereocenters. The summed E-state index contributed by atoms with van der Waals surface area (Å²) in [5.41, 5.74) is 0. The summed E-state index contributed by atoms with van der Waals surface area (Å²) in [6.07, 6.45) is 5.62. The third-order valence-electron chi connectivity index (χ3n) is 1.52. The maximum Gasteiger partial charge on any atom is 0.139 e. The van der Waals surface area contributed by atoms with Crippen molar-refractivity contribution in [2.75, 3.05) is 0 Å². The average Bonchev–Trinajstić information content (AvgIpc) is 1.77. The van der Waals surface area contributed by atoms with Gasteiger partial charge in [0, 0.05) is 12.3 Å². The summed E-state index contributed by atoms with van der Waals surface area (Å²) in [6, 6.07) is 0.